The highest BCUT2D eigenvalue weighted by atomic mass is 35.5. The Kier molecular flexibility index (Phi) is 7.66. The Labute approximate surface area is 172 Å². The van der Waals surface area contributed by atoms with Crippen molar-refractivity contribution in [2.75, 3.05) is 39.3 Å². The first-order valence-corrected chi connectivity index (χ1v) is 10.1. The van der Waals surface area contributed by atoms with Gasteiger partial charge in [0.05, 0.1) is 12.6 Å². The maximum atomic E-state index is 11.4. The Morgan fingerprint density at radius 3 is 2.32 bits per heavy atom. The summed E-state index contributed by atoms with van der Waals surface area (Å²) in [6.07, 6.45) is 3.41. The molecule has 1 atom stereocenters. The van der Waals surface area contributed by atoms with E-state index in [1.54, 1.807) is 0 Å². The van der Waals surface area contributed by atoms with Gasteiger partial charge in [-0.2, -0.15) is 0 Å². The summed E-state index contributed by atoms with van der Waals surface area (Å²) in [5.41, 5.74) is 2.55. The van der Waals surface area contributed by atoms with Gasteiger partial charge in [0, 0.05) is 43.8 Å². The molecule has 0 aliphatic carbocycles. The average Bonchev–Trinajstić information content (AvgIpc) is 2.72. The Morgan fingerprint density at radius 2 is 1.68 bits per heavy atom. The normalized spacial score (nSPS) is 16.9. The monoisotopic (exact) mass is 398 g/mol. The standard InChI is InChI=1S/C23H27ClN2O2/c1-2-28-22(27)9-6-14-25-15-17-26(18-16-25)23(19-7-4-3-5-8-19)20-10-12-21(24)13-11-20/h3-13,23H,2,14-18H2,1H3/b9-6-. The molecule has 3 rings (SSSR count). The van der Waals surface area contributed by atoms with E-state index in [1.165, 1.54) is 17.2 Å². The number of nitrogens with zero attached hydrogens (tertiary/aromatic N) is 2. The highest BCUT2D eigenvalue weighted by molar-refractivity contribution is 6.30. The van der Waals surface area contributed by atoms with Gasteiger partial charge in [-0.3, -0.25) is 9.80 Å². The molecule has 1 fully saturated rings. The average molecular weight is 399 g/mol. The second kappa shape index (κ2) is 10.4. The maximum Gasteiger partial charge on any atom is 0.330 e. The van der Waals surface area contributed by atoms with Crippen LogP contribution < -0.4 is 0 Å². The molecular weight excluding hydrogens is 372 g/mol. The maximum absolute atomic E-state index is 11.4. The van der Waals surface area contributed by atoms with Gasteiger partial charge in [0.25, 0.3) is 0 Å². The SMILES string of the molecule is CCOC(=O)/C=C\CN1CCN(C(c2ccccc2)c2ccc(Cl)cc2)CC1. The van der Waals surface area contributed by atoms with E-state index >= 15 is 0 Å². The van der Waals surface area contributed by atoms with Gasteiger partial charge in [-0.1, -0.05) is 60.1 Å². The van der Waals surface area contributed by atoms with Crippen molar-refractivity contribution < 1.29 is 9.53 Å². The molecule has 0 saturated carbocycles. The lowest BCUT2D eigenvalue weighted by atomic mass is 9.96. The Morgan fingerprint density at radius 1 is 1.04 bits per heavy atom. The fraction of sp³-hybridized carbons (Fsp3) is 0.348. The summed E-state index contributed by atoms with van der Waals surface area (Å²) in [5, 5.41) is 0.758. The van der Waals surface area contributed by atoms with E-state index in [0.717, 1.165) is 37.7 Å². The molecule has 28 heavy (non-hydrogen) atoms. The number of esters is 1. The lowest BCUT2D eigenvalue weighted by Gasteiger charge is -2.39. The van der Waals surface area contributed by atoms with E-state index < -0.39 is 0 Å². The van der Waals surface area contributed by atoms with Gasteiger partial charge >= 0.3 is 5.97 Å². The summed E-state index contributed by atoms with van der Waals surface area (Å²) in [6.45, 7) is 6.85. The zero-order valence-electron chi connectivity index (χ0n) is 16.3. The van der Waals surface area contributed by atoms with Crippen LogP contribution in [0.1, 0.15) is 24.1 Å². The number of halogens is 1. The number of carbonyl (C=O) groups is 1. The predicted octanol–water partition coefficient (Wildman–Crippen LogP) is 4.17. The zero-order chi connectivity index (χ0) is 19.8. The molecule has 0 radical (unpaired) electrons. The van der Waals surface area contributed by atoms with Crippen LogP contribution in [-0.4, -0.2) is 55.1 Å². The number of benzene rings is 2. The number of hydrogen-bond acceptors (Lipinski definition) is 4. The van der Waals surface area contributed by atoms with Crippen LogP contribution in [0, 0.1) is 0 Å². The van der Waals surface area contributed by atoms with Gasteiger partial charge in [0.1, 0.15) is 0 Å². The molecule has 148 valence electrons. The summed E-state index contributed by atoms with van der Waals surface area (Å²) in [4.78, 5) is 16.3. The van der Waals surface area contributed by atoms with Crippen LogP contribution in [0.5, 0.6) is 0 Å². The van der Waals surface area contributed by atoms with Crippen molar-refractivity contribution in [3.8, 4) is 0 Å². The van der Waals surface area contributed by atoms with Crippen molar-refractivity contribution in [2.45, 2.75) is 13.0 Å². The minimum absolute atomic E-state index is 0.218. The molecular formula is C23H27ClN2O2. The molecule has 0 spiro atoms. The third-order valence-electron chi connectivity index (χ3n) is 4.98. The molecule has 1 unspecified atom stereocenters. The highest BCUT2D eigenvalue weighted by Gasteiger charge is 2.26. The van der Waals surface area contributed by atoms with Gasteiger partial charge in [0.2, 0.25) is 0 Å². The quantitative estimate of drug-likeness (QED) is 0.517. The van der Waals surface area contributed by atoms with Crippen molar-refractivity contribution in [1.29, 1.82) is 0 Å². The summed E-state index contributed by atoms with van der Waals surface area (Å²) >= 11 is 6.10. The van der Waals surface area contributed by atoms with Gasteiger partial charge < -0.3 is 4.74 Å². The van der Waals surface area contributed by atoms with Crippen molar-refractivity contribution in [1.82, 2.24) is 9.80 Å². The van der Waals surface area contributed by atoms with Gasteiger partial charge in [0.15, 0.2) is 0 Å². The van der Waals surface area contributed by atoms with E-state index in [0.29, 0.717) is 6.61 Å². The summed E-state index contributed by atoms with van der Waals surface area (Å²) < 4.78 is 4.92. The van der Waals surface area contributed by atoms with E-state index in [1.807, 2.05) is 25.1 Å². The molecule has 5 heteroatoms. The van der Waals surface area contributed by atoms with Crippen LogP contribution in [0.25, 0.3) is 0 Å². The van der Waals surface area contributed by atoms with Crippen LogP contribution in [-0.2, 0) is 9.53 Å². The van der Waals surface area contributed by atoms with Crippen LogP contribution in [0.15, 0.2) is 66.7 Å². The van der Waals surface area contributed by atoms with Crippen molar-refractivity contribution in [3.63, 3.8) is 0 Å². The third kappa shape index (κ3) is 5.68. The number of ether oxygens (including phenoxy) is 1. The molecule has 2 aromatic carbocycles. The van der Waals surface area contributed by atoms with Gasteiger partial charge in [-0.05, 0) is 30.2 Å². The summed E-state index contributed by atoms with van der Waals surface area (Å²) in [6, 6.07) is 19.0. The summed E-state index contributed by atoms with van der Waals surface area (Å²) in [7, 11) is 0. The second-order valence-corrected chi connectivity index (χ2v) is 7.29. The molecule has 4 nitrogen and oxygen atoms in total. The second-order valence-electron chi connectivity index (χ2n) is 6.86. The Hall–Kier alpha value is -2.14. The van der Waals surface area contributed by atoms with Crippen LogP contribution in [0.3, 0.4) is 0 Å². The largest absolute Gasteiger partial charge is 0.463 e. The number of piperazine rings is 1. The lowest BCUT2D eigenvalue weighted by Crippen LogP contribution is -2.47. The molecule has 1 heterocycles. The topological polar surface area (TPSA) is 32.8 Å². The molecule has 0 bridgehead atoms. The minimum atomic E-state index is -0.270. The fourth-order valence-electron chi connectivity index (χ4n) is 3.59. The molecule has 1 aliphatic heterocycles. The summed E-state index contributed by atoms with van der Waals surface area (Å²) in [5.74, 6) is -0.270. The van der Waals surface area contributed by atoms with Gasteiger partial charge in [-0.15, -0.1) is 0 Å². The number of carbonyl (C=O) groups excluding carboxylic acids is 1. The van der Waals surface area contributed by atoms with E-state index in [9.17, 15) is 4.79 Å². The first-order chi connectivity index (χ1) is 13.7. The molecule has 2 aromatic rings. The van der Waals surface area contributed by atoms with Crippen molar-refractivity contribution >= 4 is 17.6 Å². The smallest absolute Gasteiger partial charge is 0.330 e. The van der Waals surface area contributed by atoms with E-state index in [-0.39, 0.29) is 12.0 Å². The van der Waals surface area contributed by atoms with Crippen LogP contribution >= 0.6 is 11.6 Å². The first kappa shape index (κ1) is 20.6. The third-order valence-corrected chi connectivity index (χ3v) is 5.23. The van der Waals surface area contributed by atoms with Crippen molar-refractivity contribution in [2.24, 2.45) is 0 Å². The minimum Gasteiger partial charge on any atom is -0.463 e. The zero-order valence-corrected chi connectivity index (χ0v) is 17.0. The first-order valence-electron chi connectivity index (χ1n) is 9.77. The molecule has 1 saturated heterocycles. The predicted molar refractivity (Wildman–Crippen MR) is 114 cm³/mol. The molecule has 0 amide bonds. The Balaban J connectivity index is 1.65. The Bertz CT molecular complexity index is 769. The highest BCUT2D eigenvalue weighted by Crippen LogP contribution is 2.30. The van der Waals surface area contributed by atoms with Crippen molar-refractivity contribution in [3.05, 3.63) is 82.9 Å². The van der Waals surface area contributed by atoms with Crippen LogP contribution in [0.4, 0.5) is 0 Å². The fourth-order valence-corrected chi connectivity index (χ4v) is 3.71. The van der Waals surface area contributed by atoms with E-state index in [4.69, 9.17) is 16.3 Å². The lowest BCUT2D eigenvalue weighted by molar-refractivity contribution is -0.137. The van der Waals surface area contributed by atoms with Gasteiger partial charge in [-0.25, -0.2) is 4.79 Å². The molecule has 1 aliphatic rings. The number of hydrogen-bond donors (Lipinski definition) is 0. The molecule has 0 aromatic heterocycles. The molecule has 0 N–H and O–H groups in total. The number of rotatable bonds is 7. The van der Waals surface area contributed by atoms with Crippen LogP contribution in [0.2, 0.25) is 5.02 Å². The van der Waals surface area contributed by atoms with E-state index in [2.05, 4.69) is 52.3 Å².